The number of hydrogen-bond acceptors (Lipinski definition) is 2. The summed E-state index contributed by atoms with van der Waals surface area (Å²) in [6.45, 7) is 7.48. The summed E-state index contributed by atoms with van der Waals surface area (Å²) in [5, 5.41) is 0. The molecular weight excluding hydrogens is 268 g/mol. The van der Waals surface area contributed by atoms with E-state index in [1.165, 1.54) is 27.8 Å². The summed E-state index contributed by atoms with van der Waals surface area (Å²) >= 11 is 0. The fourth-order valence-electron chi connectivity index (χ4n) is 2.92. The molecule has 0 unspecified atom stereocenters. The summed E-state index contributed by atoms with van der Waals surface area (Å²) in [5.41, 5.74) is 8.95. The Morgan fingerprint density at radius 3 is 2.68 bits per heavy atom. The SMILES string of the molecule is Cc1ccc(/C=C2\CCCN=C2c2cccnc2)c(C)c1C. The second kappa shape index (κ2) is 6.27. The normalized spacial score (nSPS) is 16.7. The van der Waals surface area contributed by atoms with Crippen LogP contribution in [0, 0.1) is 20.8 Å². The van der Waals surface area contributed by atoms with Crippen LogP contribution in [0.25, 0.3) is 6.08 Å². The van der Waals surface area contributed by atoms with Crippen LogP contribution in [0.3, 0.4) is 0 Å². The quantitative estimate of drug-likeness (QED) is 0.788. The fraction of sp³-hybridized carbons (Fsp3) is 0.300. The van der Waals surface area contributed by atoms with E-state index in [1.807, 2.05) is 18.5 Å². The Kier molecular flexibility index (Phi) is 4.19. The molecule has 0 aliphatic carbocycles. The van der Waals surface area contributed by atoms with Gasteiger partial charge in [-0.25, -0.2) is 0 Å². The smallest absolute Gasteiger partial charge is 0.0694 e. The van der Waals surface area contributed by atoms with Gasteiger partial charge in [0.05, 0.1) is 5.71 Å². The molecule has 2 nitrogen and oxygen atoms in total. The average molecular weight is 290 g/mol. The van der Waals surface area contributed by atoms with E-state index >= 15 is 0 Å². The number of rotatable bonds is 2. The van der Waals surface area contributed by atoms with Crippen LogP contribution in [0.5, 0.6) is 0 Å². The highest BCUT2D eigenvalue weighted by Gasteiger charge is 2.15. The third-order valence-corrected chi connectivity index (χ3v) is 4.54. The molecule has 1 aromatic carbocycles. The number of nitrogens with zero attached hydrogens (tertiary/aromatic N) is 2. The van der Waals surface area contributed by atoms with Gasteiger partial charge in [-0.15, -0.1) is 0 Å². The molecule has 22 heavy (non-hydrogen) atoms. The number of aliphatic imine (C=N–C) groups is 1. The van der Waals surface area contributed by atoms with E-state index in [-0.39, 0.29) is 0 Å². The Morgan fingerprint density at radius 2 is 1.91 bits per heavy atom. The molecule has 1 aliphatic rings. The number of hydrogen-bond donors (Lipinski definition) is 0. The van der Waals surface area contributed by atoms with Gasteiger partial charge in [0.1, 0.15) is 0 Å². The number of pyridine rings is 1. The molecule has 0 atom stereocenters. The lowest BCUT2D eigenvalue weighted by Gasteiger charge is -2.17. The molecular formula is C20H22N2. The Morgan fingerprint density at radius 1 is 1.05 bits per heavy atom. The lowest BCUT2D eigenvalue weighted by atomic mass is 9.92. The van der Waals surface area contributed by atoms with E-state index in [4.69, 9.17) is 4.99 Å². The van der Waals surface area contributed by atoms with Crippen LogP contribution in [0.2, 0.25) is 0 Å². The molecule has 2 heteroatoms. The monoisotopic (exact) mass is 290 g/mol. The minimum atomic E-state index is 0.910. The minimum absolute atomic E-state index is 0.910. The molecule has 2 heterocycles. The molecule has 0 radical (unpaired) electrons. The van der Waals surface area contributed by atoms with Crippen molar-refractivity contribution in [2.24, 2.45) is 4.99 Å². The van der Waals surface area contributed by atoms with Crippen molar-refractivity contribution >= 4 is 11.8 Å². The van der Waals surface area contributed by atoms with Crippen LogP contribution in [0.1, 0.15) is 40.7 Å². The highest BCUT2D eigenvalue weighted by molar-refractivity contribution is 6.15. The Balaban J connectivity index is 2.04. The van der Waals surface area contributed by atoms with Crippen LogP contribution in [0.15, 0.2) is 47.2 Å². The van der Waals surface area contributed by atoms with Crippen LogP contribution >= 0.6 is 0 Å². The van der Waals surface area contributed by atoms with Crippen LogP contribution in [0.4, 0.5) is 0 Å². The molecule has 0 N–H and O–H groups in total. The summed E-state index contributed by atoms with van der Waals surface area (Å²) in [5.74, 6) is 0. The Bertz CT molecular complexity index is 740. The summed E-state index contributed by atoms with van der Waals surface area (Å²) in [7, 11) is 0. The van der Waals surface area contributed by atoms with Crippen LogP contribution < -0.4 is 0 Å². The lowest BCUT2D eigenvalue weighted by molar-refractivity contribution is 0.818. The summed E-state index contributed by atoms with van der Waals surface area (Å²) in [4.78, 5) is 8.99. The summed E-state index contributed by atoms with van der Waals surface area (Å²) < 4.78 is 0. The Hall–Kier alpha value is -2.22. The maximum atomic E-state index is 4.76. The maximum Gasteiger partial charge on any atom is 0.0694 e. The first-order valence-electron chi connectivity index (χ1n) is 7.89. The molecule has 2 aromatic rings. The van der Waals surface area contributed by atoms with Gasteiger partial charge in [0.2, 0.25) is 0 Å². The largest absolute Gasteiger partial charge is 0.284 e. The van der Waals surface area contributed by atoms with Crippen molar-refractivity contribution in [1.29, 1.82) is 0 Å². The third-order valence-electron chi connectivity index (χ3n) is 4.54. The number of allylic oxidation sites excluding steroid dienone is 1. The van der Waals surface area contributed by atoms with Crippen LogP contribution in [-0.4, -0.2) is 17.2 Å². The summed E-state index contributed by atoms with van der Waals surface area (Å²) in [6, 6.07) is 8.50. The van der Waals surface area contributed by atoms with Gasteiger partial charge >= 0.3 is 0 Å². The predicted octanol–water partition coefficient (Wildman–Crippen LogP) is 4.67. The third kappa shape index (κ3) is 2.87. The van der Waals surface area contributed by atoms with E-state index in [2.05, 4.69) is 50.0 Å². The summed E-state index contributed by atoms with van der Waals surface area (Å²) in [6.07, 6.45) is 8.24. The second-order valence-corrected chi connectivity index (χ2v) is 5.97. The zero-order valence-corrected chi connectivity index (χ0v) is 13.6. The van der Waals surface area contributed by atoms with Gasteiger partial charge in [0, 0.05) is 24.5 Å². The topological polar surface area (TPSA) is 25.2 Å². The standard InChI is InChI=1S/C20H22N2/c1-14-8-9-17(16(3)15(14)2)12-18-6-5-11-22-20(18)19-7-4-10-21-13-19/h4,7-10,12-13H,5-6,11H2,1-3H3/b18-12+. The first-order valence-corrected chi connectivity index (χ1v) is 7.89. The van der Waals surface area contributed by atoms with Crippen molar-refractivity contribution in [3.63, 3.8) is 0 Å². The van der Waals surface area contributed by atoms with Crippen LogP contribution in [-0.2, 0) is 0 Å². The van der Waals surface area contributed by atoms with E-state index in [1.54, 1.807) is 0 Å². The molecule has 3 rings (SSSR count). The molecule has 0 saturated carbocycles. The zero-order chi connectivity index (χ0) is 15.5. The predicted molar refractivity (Wildman–Crippen MR) is 93.5 cm³/mol. The molecule has 112 valence electrons. The highest BCUT2D eigenvalue weighted by atomic mass is 14.8. The van der Waals surface area contributed by atoms with E-state index in [0.717, 1.165) is 30.7 Å². The van der Waals surface area contributed by atoms with Gasteiger partial charge in [-0.05, 0) is 79.6 Å². The van der Waals surface area contributed by atoms with Gasteiger partial charge < -0.3 is 0 Å². The van der Waals surface area contributed by atoms with E-state index in [0.29, 0.717) is 0 Å². The van der Waals surface area contributed by atoms with Gasteiger partial charge in [-0.3, -0.25) is 9.98 Å². The zero-order valence-electron chi connectivity index (χ0n) is 13.6. The Labute approximate surface area is 132 Å². The molecule has 0 fully saturated rings. The number of benzene rings is 1. The molecule has 1 aromatic heterocycles. The maximum absolute atomic E-state index is 4.76. The molecule has 0 amide bonds. The molecule has 0 bridgehead atoms. The van der Waals surface area contributed by atoms with Gasteiger partial charge in [-0.2, -0.15) is 0 Å². The number of aromatic nitrogens is 1. The van der Waals surface area contributed by atoms with E-state index in [9.17, 15) is 0 Å². The molecule has 0 saturated heterocycles. The van der Waals surface area contributed by atoms with Crippen molar-refractivity contribution in [2.75, 3.05) is 6.54 Å². The van der Waals surface area contributed by atoms with Crippen molar-refractivity contribution in [2.45, 2.75) is 33.6 Å². The van der Waals surface area contributed by atoms with Gasteiger partial charge in [0.15, 0.2) is 0 Å². The first-order chi connectivity index (χ1) is 10.7. The lowest BCUT2D eigenvalue weighted by Crippen LogP contribution is -2.12. The number of aryl methyl sites for hydroxylation is 1. The highest BCUT2D eigenvalue weighted by Crippen LogP contribution is 2.25. The fourth-order valence-corrected chi connectivity index (χ4v) is 2.92. The second-order valence-electron chi connectivity index (χ2n) is 5.97. The van der Waals surface area contributed by atoms with Crippen molar-refractivity contribution in [3.8, 4) is 0 Å². The molecule has 0 spiro atoms. The minimum Gasteiger partial charge on any atom is -0.284 e. The van der Waals surface area contributed by atoms with Gasteiger partial charge in [0.25, 0.3) is 0 Å². The van der Waals surface area contributed by atoms with Crippen molar-refractivity contribution in [3.05, 3.63) is 70.0 Å². The average Bonchev–Trinajstić information content (AvgIpc) is 2.57. The molecule has 1 aliphatic heterocycles. The van der Waals surface area contributed by atoms with Gasteiger partial charge in [-0.1, -0.05) is 12.1 Å². The first kappa shape index (κ1) is 14.7. The van der Waals surface area contributed by atoms with E-state index < -0.39 is 0 Å². The van der Waals surface area contributed by atoms with Crippen molar-refractivity contribution < 1.29 is 0 Å². The van der Waals surface area contributed by atoms with Crippen molar-refractivity contribution in [1.82, 2.24) is 4.98 Å².